The van der Waals surface area contributed by atoms with E-state index in [-0.39, 0.29) is 0 Å². The van der Waals surface area contributed by atoms with Crippen LogP contribution in [-0.2, 0) is 0 Å². The van der Waals surface area contributed by atoms with Gasteiger partial charge in [-0.1, -0.05) is 6.07 Å². The van der Waals surface area contributed by atoms with E-state index in [1.54, 1.807) is 0 Å². The molecule has 0 bridgehead atoms. The highest BCUT2D eigenvalue weighted by molar-refractivity contribution is 8.02. The van der Waals surface area contributed by atoms with Crippen LogP contribution >= 0.6 is 23.4 Å². The Bertz CT molecular complexity index is 390. The predicted octanol–water partition coefficient (Wildman–Crippen LogP) is 4.47. The second-order valence-electron chi connectivity index (χ2n) is 3.63. The van der Waals surface area contributed by atoms with Crippen LogP contribution in [0.5, 0.6) is 5.75 Å². The molecule has 1 aliphatic rings. The Labute approximate surface area is 106 Å². The Kier molecular flexibility index (Phi) is 4.19. The van der Waals surface area contributed by atoms with Crippen LogP contribution in [0.1, 0.15) is 29.7 Å². The molecule has 0 N–H and O–H groups in total. The quantitative estimate of drug-likeness (QED) is 0.733. The molecule has 1 unspecified atom stereocenters. The minimum atomic E-state index is 0.494. The molecule has 1 nitrogen and oxygen atoms in total. The third-order valence-corrected chi connectivity index (χ3v) is 3.91. The van der Waals surface area contributed by atoms with Gasteiger partial charge in [0, 0.05) is 11.1 Å². The van der Waals surface area contributed by atoms with Crippen molar-refractivity contribution in [1.29, 1.82) is 0 Å². The van der Waals surface area contributed by atoms with E-state index in [0.29, 0.717) is 17.7 Å². The van der Waals surface area contributed by atoms with Crippen molar-refractivity contribution in [2.45, 2.75) is 18.6 Å². The zero-order valence-corrected chi connectivity index (χ0v) is 10.9. The molecule has 0 saturated carbocycles. The molecule has 0 aliphatic carbocycles. The van der Waals surface area contributed by atoms with Crippen molar-refractivity contribution in [3.63, 3.8) is 0 Å². The second kappa shape index (κ2) is 5.65. The van der Waals surface area contributed by atoms with Crippen LogP contribution in [0.15, 0.2) is 23.6 Å². The van der Waals surface area contributed by atoms with Crippen LogP contribution in [0.3, 0.4) is 0 Å². The first-order chi connectivity index (χ1) is 7.85. The Morgan fingerprint density at radius 2 is 2.31 bits per heavy atom. The van der Waals surface area contributed by atoms with Crippen molar-refractivity contribution in [3.8, 4) is 5.75 Å². The molecular formula is C13H15ClOS. The molecule has 1 aliphatic heterocycles. The van der Waals surface area contributed by atoms with E-state index in [4.69, 9.17) is 16.3 Å². The molecule has 0 amide bonds. The average molecular weight is 255 g/mol. The minimum Gasteiger partial charge on any atom is -0.494 e. The molecule has 1 aromatic rings. The number of alkyl halides is 1. The van der Waals surface area contributed by atoms with Gasteiger partial charge >= 0.3 is 0 Å². The fourth-order valence-corrected chi connectivity index (χ4v) is 3.23. The molecule has 86 valence electrons. The van der Waals surface area contributed by atoms with Crippen molar-refractivity contribution >= 4 is 29.4 Å². The van der Waals surface area contributed by atoms with Crippen molar-refractivity contribution in [2.75, 3.05) is 12.5 Å². The number of benzene rings is 1. The third-order valence-electron chi connectivity index (χ3n) is 2.58. The van der Waals surface area contributed by atoms with Crippen molar-refractivity contribution < 1.29 is 4.74 Å². The fourth-order valence-electron chi connectivity index (χ4n) is 1.85. The molecule has 0 radical (unpaired) electrons. The summed E-state index contributed by atoms with van der Waals surface area (Å²) in [6, 6.07) is 6.31. The predicted molar refractivity (Wildman–Crippen MR) is 72.3 cm³/mol. The van der Waals surface area contributed by atoms with Gasteiger partial charge in [-0.25, -0.2) is 0 Å². The summed E-state index contributed by atoms with van der Waals surface area (Å²) in [6.07, 6.45) is 3.16. The maximum atomic E-state index is 5.82. The second-order valence-corrected chi connectivity index (χ2v) is 5.12. The van der Waals surface area contributed by atoms with Crippen LogP contribution in [0, 0.1) is 0 Å². The van der Waals surface area contributed by atoms with Crippen LogP contribution < -0.4 is 4.74 Å². The van der Waals surface area contributed by atoms with Crippen LogP contribution in [0.4, 0.5) is 0 Å². The van der Waals surface area contributed by atoms with Gasteiger partial charge in [0.2, 0.25) is 0 Å². The van der Waals surface area contributed by atoms with Gasteiger partial charge in [-0.05, 0) is 48.1 Å². The van der Waals surface area contributed by atoms with Crippen LogP contribution in [0.2, 0.25) is 0 Å². The highest BCUT2D eigenvalue weighted by Crippen LogP contribution is 2.40. The lowest BCUT2D eigenvalue weighted by Crippen LogP contribution is -2.01. The van der Waals surface area contributed by atoms with Gasteiger partial charge in [0.05, 0.1) is 6.61 Å². The van der Waals surface area contributed by atoms with Gasteiger partial charge in [-0.3, -0.25) is 0 Å². The Hall–Kier alpha value is -0.600. The summed E-state index contributed by atoms with van der Waals surface area (Å²) in [5, 5.41) is 2.64. The highest BCUT2D eigenvalue weighted by atomic mass is 35.5. The van der Waals surface area contributed by atoms with Gasteiger partial charge in [-0.15, -0.1) is 23.4 Å². The smallest absolute Gasteiger partial charge is 0.119 e. The number of thioether (sulfide) groups is 1. The SMILES string of the molecule is CCOc1ccc2c(c1)C=CSC2CCCl. The number of rotatable bonds is 4. The van der Waals surface area contributed by atoms with E-state index >= 15 is 0 Å². The van der Waals surface area contributed by atoms with E-state index in [0.717, 1.165) is 12.2 Å². The fraction of sp³-hybridized carbons (Fsp3) is 0.385. The van der Waals surface area contributed by atoms with Gasteiger partial charge in [0.1, 0.15) is 5.75 Å². The van der Waals surface area contributed by atoms with Gasteiger partial charge in [0.25, 0.3) is 0 Å². The third kappa shape index (κ3) is 2.55. The monoisotopic (exact) mass is 254 g/mol. The van der Waals surface area contributed by atoms with Crippen LogP contribution in [0.25, 0.3) is 6.08 Å². The number of hydrogen-bond acceptors (Lipinski definition) is 2. The number of halogens is 1. The zero-order valence-electron chi connectivity index (χ0n) is 9.28. The molecule has 1 atom stereocenters. The van der Waals surface area contributed by atoms with E-state index in [1.165, 1.54) is 11.1 Å². The standard InChI is InChI=1S/C13H15ClOS/c1-2-15-11-3-4-12-10(9-11)6-8-16-13(12)5-7-14/h3-4,6,8-9,13H,2,5,7H2,1H3. The molecule has 0 saturated heterocycles. The molecule has 1 aromatic carbocycles. The summed E-state index contributed by atoms with van der Waals surface area (Å²) < 4.78 is 5.50. The highest BCUT2D eigenvalue weighted by Gasteiger charge is 2.17. The molecule has 0 spiro atoms. The number of hydrogen-bond donors (Lipinski definition) is 0. The van der Waals surface area contributed by atoms with E-state index in [9.17, 15) is 0 Å². The summed E-state index contributed by atoms with van der Waals surface area (Å²) in [5.74, 6) is 1.65. The number of ether oxygens (including phenoxy) is 1. The Morgan fingerprint density at radius 3 is 3.06 bits per heavy atom. The summed E-state index contributed by atoms with van der Waals surface area (Å²) >= 11 is 7.66. The van der Waals surface area contributed by atoms with Crippen molar-refractivity contribution in [2.24, 2.45) is 0 Å². The largest absolute Gasteiger partial charge is 0.494 e. The molecule has 0 aromatic heterocycles. The maximum Gasteiger partial charge on any atom is 0.119 e. The van der Waals surface area contributed by atoms with E-state index in [2.05, 4.69) is 23.6 Å². The summed E-state index contributed by atoms with van der Waals surface area (Å²) in [4.78, 5) is 0. The Balaban J connectivity index is 2.26. The Morgan fingerprint density at radius 1 is 1.44 bits per heavy atom. The van der Waals surface area contributed by atoms with E-state index in [1.807, 2.05) is 24.8 Å². The van der Waals surface area contributed by atoms with Crippen molar-refractivity contribution in [1.82, 2.24) is 0 Å². The van der Waals surface area contributed by atoms with Gasteiger partial charge in [0.15, 0.2) is 0 Å². The first-order valence-electron chi connectivity index (χ1n) is 5.50. The maximum absolute atomic E-state index is 5.82. The lowest BCUT2D eigenvalue weighted by Gasteiger charge is -2.21. The van der Waals surface area contributed by atoms with Crippen LogP contribution in [-0.4, -0.2) is 12.5 Å². The molecule has 3 heteroatoms. The molecule has 0 fully saturated rings. The molecule has 2 rings (SSSR count). The first kappa shape index (κ1) is 11.9. The average Bonchev–Trinajstić information content (AvgIpc) is 2.30. The zero-order chi connectivity index (χ0) is 11.4. The normalized spacial score (nSPS) is 18.2. The minimum absolute atomic E-state index is 0.494. The topological polar surface area (TPSA) is 9.23 Å². The van der Waals surface area contributed by atoms with Gasteiger partial charge < -0.3 is 4.74 Å². The van der Waals surface area contributed by atoms with E-state index < -0.39 is 0 Å². The summed E-state index contributed by atoms with van der Waals surface area (Å²) in [7, 11) is 0. The molecule has 16 heavy (non-hydrogen) atoms. The molecule has 1 heterocycles. The lowest BCUT2D eigenvalue weighted by atomic mass is 10.0. The first-order valence-corrected chi connectivity index (χ1v) is 6.97. The number of fused-ring (bicyclic) bond motifs is 1. The van der Waals surface area contributed by atoms with Crippen molar-refractivity contribution in [3.05, 3.63) is 34.7 Å². The van der Waals surface area contributed by atoms with Gasteiger partial charge in [-0.2, -0.15) is 0 Å². The summed E-state index contributed by atoms with van der Waals surface area (Å²) in [5.41, 5.74) is 2.64. The molecular weight excluding hydrogens is 240 g/mol. The lowest BCUT2D eigenvalue weighted by molar-refractivity contribution is 0.340. The summed E-state index contributed by atoms with van der Waals surface area (Å²) in [6.45, 7) is 2.71.